The van der Waals surface area contributed by atoms with Gasteiger partial charge in [0.25, 0.3) is 0 Å². The van der Waals surface area contributed by atoms with Crippen molar-refractivity contribution in [3.8, 4) is 5.75 Å². The van der Waals surface area contributed by atoms with Crippen molar-refractivity contribution in [1.82, 2.24) is 0 Å². The number of hydrogen-bond acceptors (Lipinski definition) is 3. The summed E-state index contributed by atoms with van der Waals surface area (Å²) in [6.45, 7) is 18.1. The maximum absolute atomic E-state index is 6.38. The standard InChI is InChI=1S/C47H50N2O/c1-9-35(5)40-21-19-39(20-22-40)31-50-47-24-23-44(28-38(47)8)49(43-18-12-15-34(4)27-43)46-30-36(6)45(29-37(46)7)48(41-16-10-13-32(2)25-41)42-17-11-14-33(3)26-42/h10-30,35H,9,31H2,1-8H3. The number of aryl methyl sites for hydroxylation is 6. The van der Waals surface area contributed by atoms with Crippen LogP contribution in [0.25, 0.3) is 0 Å². The Labute approximate surface area is 299 Å². The van der Waals surface area contributed by atoms with Crippen molar-refractivity contribution < 1.29 is 4.74 Å². The second-order valence-electron chi connectivity index (χ2n) is 13.9. The first kappa shape index (κ1) is 34.6. The molecular formula is C47H50N2O. The van der Waals surface area contributed by atoms with E-state index in [9.17, 15) is 0 Å². The Bertz CT molecular complexity index is 2050. The van der Waals surface area contributed by atoms with Crippen LogP contribution in [0.15, 0.2) is 127 Å². The molecular weight excluding hydrogens is 609 g/mol. The summed E-state index contributed by atoms with van der Waals surface area (Å²) in [4.78, 5) is 4.77. The van der Waals surface area contributed by atoms with E-state index in [2.05, 4.69) is 193 Å². The van der Waals surface area contributed by atoms with Gasteiger partial charge >= 0.3 is 0 Å². The summed E-state index contributed by atoms with van der Waals surface area (Å²) in [5.41, 5.74) is 16.6. The third-order valence-corrected chi connectivity index (χ3v) is 9.75. The van der Waals surface area contributed by atoms with Gasteiger partial charge in [-0.1, -0.05) is 74.5 Å². The number of benzene rings is 6. The summed E-state index contributed by atoms with van der Waals surface area (Å²) in [7, 11) is 0. The van der Waals surface area contributed by atoms with E-state index in [0.717, 1.165) is 46.2 Å². The molecule has 0 saturated heterocycles. The first-order valence-corrected chi connectivity index (χ1v) is 17.8. The van der Waals surface area contributed by atoms with Crippen LogP contribution in [0.5, 0.6) is 5.75 Å². The number of ether oxygens (including phenoxy) is 1. The quantitative estimate of drug-likeness (QED) is 0.138. The van der Waals surface area contributed by atoms with Crippen molar-refractivity contribution in [2.45, 2.75) is 74.3 Å². The average Bonchev–Trinajstić information content (AvgIpc) is 3.10. The third-order valence-electron chi connectivity index (χ3n) is 9.75. The maximum atomic E-state index is 6.38. The summed E-state index contributed by atoms with van der Waals surface area (Å²) in [6, 6.07) is 46.4. The van der Waals surface area contributed by atoms with Crippen LogP contribution in [-0.4, -0.2) is 0 Å². The van der Waals surface area contributed by atoms with Gasteiger partial charge < -0.3 is 14.5 Å². The Kier molecular flexibility index (Phi) is 10.4. The molecule has 0 aliphatic rings. The predicted molar refractivity (Wildman–Crippen MR) is 214 cm³/mol. The van der Waals surface area contributed by atoms with Crippen LogP contribution in [0, 0.1) is 41.5 Å². The monoisotopic (exact) mass is 658 g/mol. The molecule has 0 aromatic heterocycles. The van der Waals surface area contributed by atoms with Crippen LogP contribution in [0.1, 0.15) is 70.7 Å². The van der Waals surface area contributed by atoms with E-state index < -0.39 is 0 Å². The molecule has 6 rings (SSSR count). The Morgan fingerprint density at radius 3 is 1.38 bits per heavy atom. The van der Waals surface area contributed by atoms with Gasteiger partial charge in [-0.2, -0.15) is 0 Å². The van der Waals surface area contributed by atoms with Crippen molar-refractivity contribution in [2.75, 3.05) is 9.80 Å². The fraction of sp³-hybridized carbons (Fsp3) is 0.234. The maximum Gasteiger partial charge on any atom is 0.122 e. The summed E-state index contributed by atoms with van der Waals surface area (Å²) >= 11 is 0. The molecule has 0 bridgehead atoms. The minimum absolute atomic E-state index is 0.542. The zero-order chi connectivity index (χ0) is 35.4. The summed E-state index contributed by atoms with van der Waals surface area (Å²) < 4.78 is 6.38. The van der Waals surface area contributed by atoms with Gasteiger partial charge in [-0.25, -0.2) is 0 Å². The minimum Gasteiger partial charge on any atom is -0.489 e. The summed E-state index contributed by atoms with van der Waals surface area (Å²) in [6.07, 6.45) is 1.14. The van der Waals surface area contributed by atoms with E-state index in [1.807, 2.05) is 0 Å². The van der Waals surface area contributed by atoms with Crippen molar-refractivity contribution in [2.24, 2.45) is 0 Å². The lowest BCUT2D eigenvalue weighted by molar-refractivity contribution is 0.304. The highest BCUT2D eigenvalue weighted by atomic mass is 16.5. The van der Waals surface area contributed by atoms with E-state index in [0.29, 0.717) is 12.5 Å². The van der Waals surface area contributed by atoms with Crippen molar-refractivity contribution >= 4 is 34.1 Å². The highest BCUT2D eigenvalue weighted by Crippen LogP contribution is 2.44. The molecule has 0 spiro atoms. The van der Waals surface area contributed by atoms with Crippen molar-refractivity contribution in [3.05, 3.63) is 172 Å². The van der Waals surface area contributed by atoms with Gasteiger partial charge in [-0.05, 0) is 165 Å². The molecule has 0 amide bonds. The lowest BCUT2D eigenvalue weighted by atomic mass is 9.98. The first-order chi connectivity index (χ1) is 24.1. The molecule has 0 N–H and O–H groups in total. The van der Waals surface area contributed by atoms with Crippen LogP contribution in [0.4, 0.5) is 34.1 Å². The molecule has 3 heteroatoms. The summed E-state index contributed by atoms with van der Waals surface area (Å²) in [5.74, 6) is 1.47. The van der Waals surface area contributed by atoms with E-state index in [1.54, 1.807) is 0 Å². The van der Waals surface area contributed by atoms with E-state index >= 15 is 0 Å². The largest absolute Gasteiger partial charge is 0.489 e. The molecule has 0 aliphatic carbocycles. The Morgan fingerprint density at radius 1 is 0.500 bits per heavy atom. The van der Waals surface area contributed by atoms with Gasteiger partial charge in [0.1, 0.15) is 12.4 Å². The predicted octanol–water partition coefficient (Wildman–Crippen LogP) is 13.6. The van der Waals surface area contributed by atoms with E-state index in [4.69, 9.17) is 4.74 Å². The fourth-order valence-electron chi connectivity index (χ4n) is 6.70. The van der Waals surface area contributed by atoms with Crippen molar-refractivity contribution in [1.29, 1.82) is 0 Å². The number of anilines is 6. The highest BCUT2D eigenvalue weighted by molar-refractivity contribution is 5.85. The second-order valence-corrected chi connectivity index (χ2v) is 13.9. The number of hydrogen-bond donors (Lipinski definition) is 0. The average molecular weight is 659 g/mol. The lowest BCUT2D eigenvalue weighted by Crippen LogP contribution is -2.15. The van der Waals surface area contributed by atoms with Gasteiger partial charge in [0, 0.05) is 34.1 Å². The molecule has 0 fully saturated rings. The molecule has 254 valence electrons. The van der Waals surface area contributed by atoms with Crippen LogP contribution in [0.3, 0.4) is 0 Å². The normalized spacial score (nSPS) is 11.7. The zero-order valence-electron chi connectivity index (χ0n) is 30.9. The molecule has 0 saturated carbocycles. The molecule has 0 heterocycles. The second kappa shape index (κ2) is 15.1. The molecule has 1 atom stereocenters. The molecule has 0 aliphatic heterocycles. The van der Waals surface area contributed by atoms with Crippen LogP contribution >= 0.6 is 0 Å². The van der Waals surface area contributed by atoms with Crippen LogP contribution in [0.2, 0.25) is 0 Å². The van der Waals surface area contributed by atoms with Gasteiger partial charge in [0.15, 0.2) is 0 Å². The third kappa shape index (κ3) is 7.63. The molecule has 6 aromatic rings. The van der Waals surface area contributed by atoms with Crippen LogP contribution in [-0.2, 0) is 6.61 Å². The molecule has 0 radical (unpaired) electrons. The Morgan fingerprint density at radius 2 is 0.960 bits per heavy atom. The lowest BCUT2D eigenvalue weighted by Gasteiger charge is -2.32. The minimum atomic E-state index is 0.542. The Balaban J connectivity index is 1.38. The van der Waals surface area contributed by atoms with Gasteiger partial charge in [-0.15, -0.1) is 0 Å². The Hall–Kier alpha value is -5.28. The molecule has 6 aromatic carbocycles. The number of nitrogens with zero attached hydrogens (tertiary/aromatic N) is 2. The fourth-order valence-corrected chi connectivity index (χ4v) is 6.70. The van der Waals surface area contributed by atoms with Gasteiger partial charge in [0.05, 0.1) is 0 Å². The molecule has 50 heavy (non-hydrogen) atoms. The smallest absolute Gasteiger partial charge is 0.122 e. The topological polar surface area (TPSA) is 15.7 Å². The van der Waals surface area contributed by atoms with E-state index in [-0.39, 0.29) is 0 Å². The van der Waals surface area contributed by atoms with E-state index in [1.165, 1.54) is 44.6 Å². The van der Waals surface area contributed by atoms with Gasteiger partial charge in [-0.3, -0.25) is 0 Å². The molecule has 3 nitrogen and oxygen atoms in total. The number of rotatable bonds is 11. The molecule has 1 unspecified atom stereocenters. The van der Waals surface area contributed by atoms with Crippen molar-refractivity contribution in [3.63, 3.8) is 0 Å². The highest BCUT2D eigenvalue weighted by Gasteiger charge is 2.21. The SMILES string of the molecule is CCC(C)c1ccc(COc2ccc(N(c3cccc(C)c3)c3cc(C)c(N(c4cccc(C)c4)c4cccc(C)c4)cc3C)cc2C)cc1. The first-order valence-electron chi connectivity index (χ1n) is 17.8. The van der Waals surface area contributed by atoms with Crippen LogP contribution < -0.4 is 14.5 Å². The zero-order valence-corrected chi connectivity index (χ0v) is 30.9. The summed E-state index contributed by atoms with van der Waals surface area (Å²) in [5, 5.41) is 0. The van der Waals surface area contributed by atoms with Gasteiger partial charge in [0.2, 0.25) is 0 Å².